The lowest BCUT2D eigenvalue weighted by molar-refractivity contribution is -0.136. The Labute approximate surface area is 162 Å². The number of rotatable bonds is 8. The second-order valence-corrected chi connectivity index (χ2v) is 5.70. The molecule has 0 atom stereocenters. The second-order valence-electron chi connectivity index (χ2n) is 5.70. The average molecular weight is 387 g/mol. The molecule has 2 rings (SSSR count). The number of anilines is 1. The molecule has 0 saturated heterocycles. The number of methoxy groups -OCH3 is 3. The van der Waals surface area contributed by atoms with Gasteiger partial charge < -0.3 is 29.7 Å². The molecule has 8 nitrogen and oxygen atoms in total. The zero-order valence-corrected chi connectivity index (χ0v) is 15.7. The first kappa shape index (κ1) is 20.6. The number of aromatic hydroxyl groups is 1. The zero-order valence-electron chi connectivity index (χ0n) is 15.7. The van der Waals surface area contributed by atoms with Crippen LogP contribution in [-0.2, 0) is 16.0 Å². The number of carbonyl (C=O) groups excluding carboxylic acids is 1. The second kappa shape index (κ2) is 9.31. The van der Waals surface area contributed by atoms with Gasteiger partial charge in [-0.05, 0) is 41.5 Å². The summed E-state index contributed by atoms with van der Waals surface area (Å²) in [4.78, 5) is 23.0. The van der Waals surface area contributed by atoms with Gasteiger partial charge in [-0.15, -0.1) is 0 Å². The van der Waals surface area contributed by atoms with E-state index in [0.29, 0.717) is 28.4 Å². The van der Waals surface area contributed by atoms with Gasteiger partial charge >= 0.3 is 5.97 Å². The van der Waals surface area contributed by atoms with Crippen LogP contribution in [0.4, 0.5) is 5.69 Å². The normalized spacial score (nSPS) is 10.5. The molecule has 28 heavy (non-hydrogen) atoms. The number of aliphatic carboxylic acids is 1. The van der Waals surface area contributed by atoms with E-state index in [1.807, 2.05) is 0 Å². The molecule has 3 N–H and O–H groups in total. The molecule has 0 bridgehead atoms. The van der Waals surface area contributed by atoms with Crippen LogP contribution in [0.1, 0.15) is 11.1 Å². The van der Waals surface area contributed by atoms with E-state index in [1.165, 1.54) is 51.7 Å². The molecule has 0 radical (unpaired) electrons. The summed E-state index contributed by atoms with van der Waals surface area (Å²) in [5.41, 5.74) is 1.21. The molecule has 0 aliphatic carbocycles. The van der Waals surface area contributed by atoms with Crippen molar-refractivity contribution < 1.29 is 34.0 Å². The van der Waals surface area contributed by atoms with Crippen molar-refractivity contribution in [1.29, 1.82) is 0 Å². The van der Waals surface area contributed by atoms with Crippen molar-refractivity contribution in [3.05, 3.63) is 47.5 Å². The Morgan fingerprint density at radius 3 is 2.21 bits per heavy atom. The van der Waals surface area contributed by atoms with Crippen molar-refractivity contribution in [2.24, 2.45) is 0 Å². The fourth-order valence-electron chi connectivity index (χ4n) is 2.51. The Morgan fingerprint density at radius 1 is 1.04 bits per heavy atom. The van der Waals surface area contributed by atoms with Crippen LogP contribution in [0.15, 0.2) is 36.4 Å². The van der Waals surface area contributed by atoms with Gasteiger partial charge in [0.05, 0.1) is 33.4 Å². The van der Waals surface area contributed by atoms with Gasteiger partial charge in [0.1, 0.15) is 5.75 Å². The van der Waals surface area contributed by atoms with E-state index in [0.717, 1.165) is 0 Å². The van der Waals surface area contributed by atoms with Gasteiger partial charge in [-0.25, -0.2) is 0 Å². The fourth-order valence-corrected chi connectivity index (χ4v) is 2.51. The number of benzene rings is 2. The van der Waals surface area contributed by atoms with Crippen LogP contribution in [0.2, 0.25) is 0 Å². The molecule has 148 valence electrons. The molecule has 2 aromatic carbocycles. The Kier molecular flexibility index (Phi) is 6.86. The third-order valence-corrected chi connectivity index (χ3v) is 3.79. The number of carboxylic acid groups (broad SMARTS) is 1. The number of hydrogen-bond acceptors (Lipinski definition) is 6. The van der Waals surface area contributed by atoms with Gasteiger partial charge in [0.2, 0.25) is 11.7 Å². The zero-order chi connectivity index (χ0) is 20.7. The highest BCUT2D eigenvalue weighted by molar-refractivity contribution is 6.02. The summed E-state index contributed by atoms with van der Waals surface area (Å²) < 4.78 is 15.8. The molecule has 2 aromatic rings. The van der Waals surface area contributed by atoms with E-state index in [1.54, 1.807) is 12.1 Å². The van der Waals surface area contributed by atoms with Gasteiger partial charge in [0.15, 0.2) is 11.5 Å². The molecule has 0 aliphatic heterocycles. The van der Waals surface area contributed by atoms with Gasteiger partial charge in [0.25, 0.3) is 0 Å². The SMILES string of the molecule is COc1cc(/C=C/C(=O)Nc2cc(CC(=O)O)ccc2O)cc(OC)c1OC. The molecule has 0 aromatic heterocycles. The molecule has 0 fully saturated rings. The first-order valence-corrected chi connectivity index (χ1v) is 8.20. The van der Waals surface area contributed by atoms with Crippen molar-refractivity contribution in [2.75, 3.05) is 26.6 Å². The Hall–Kier alpha value is -3.68. The predicted octanol–water partition coefficient (Wildman–Crippen LogP) is 2.70. The van der Waals surface area contributed by atoms with Gasteiger partial charge in [-0.1, -0.05) is 6.07 Å². The number of phenols is 1. The van der Waals surface area contributed by atoms with E-state index in [4.69, 9.17) is 19.3 Å². The Morgan fingerprint density at radius 2 is 1.68 bits per heavy atom. The highest BCUT2D eigenvalue weighted by Gasteiger charge is 2.12. The fraction of sp³-hybridized carbons (Fsp3) is 0.200. The largest absolute Gasteiger partial charge is 0.506 e. The summed E-state index contributed by atoms with van der Waals surface area (Å²) in [6.45, 7) is 0. The lowest BCUT2D eigenvalue weighted by Gasteiger charge is -2.12. The van der Waals surface area contributed by atoms with Crippen molar-refractivity contribution in [3.8, 4) is 23.0 Å². The minimum Gasteiger partial charge on any atom is -0.506 e. The summed E-state index contributed by atoms with van der Waals surface area (Å²) in [5.74, 6) is -0.348. The monoisotopic (exact) mass is 387 g/mol. The smallest absolute Gasteiger partial charge is 0.307 e. The molecule has 0 saturated carbocycles. The summed E-state index contributed by atoms with van der Waals surface area (Å²) in [6, 6.07) is 7.57. The van der Waals surface area contributed by atoms with Crippen molar-refractivity contribution in [2.45, 2.75) is 6.42 Å². The maximum Gasteiger partial charge on any atom is 0.307 e. The molecule has 8 heteroatoms. The number of amides is 1. The highest BCUT2D eigenvalue weighted by Crippen LogP contribution is 2.38. The Balaban J connectivity index is 2.19. The summed E-state index contributed by atoms with van der Waals surface area (Å²) >= 11 is 0. The lowest BCUT2D eigenvalue weighted by atomic mass is 10.1. The van der Waals surface area contributed by atoms with Crippen LogP contribution in [0, 0.1) is 0 Å². The molecule has 0 heterocycles. The van der Waals surface area contributed by atoms with E-state index in [9.17, 15) is 14.7 Å². The van der Waals surface area contributed by atoms with Crippen LogP contribution in [0.25, 0.3) is 6.08 Å². The molecule has 0 aliphatic rings. The first-order valence-electron chi connectivity index (χ1n) is 8.20. The molecular weight excluding hydrogens is 366 g/mol. The minimum atomic E-state index is -1.01. The van der Waals surface area contributed by atoms with Crippen LogP contribution < -0.4 is 19.5 Å². The quantitative estimate of drug-likeness (QED) is 0.471. The number of nitrogens with one attached hydrogen (secondary N) is 1. The average Bonchev–Trinajstić information content (AvgIpc) is 2.67. The summed E-state index contributed by atoms with van der Waals surface area (Å²) in [6.07, 6.45) is 2.59. The van der Waals surface area contributed by atoms with Crippen molar-refractivity contribution in [3.63, 3.8) is 0 Å². The van der Waals surface area contributed by atoms with Crippen LogP contribution in [0.5, 0.6) is 23.0 Å². The lowest BCUT2D eigenvalue weighted by Crippen LogP contribution is -2.09. The molecular formula is C20H21NO7. The van der Waals surface area contributed by atoms with Gasteiger partial charge in [-0.3, -0.25) is 9.59 Å². The van der Waals surface area contributed by atoms with E-state index >= 15 is 0 Å². The maximum absolute atomic E-state index is 12.2. The number of hydrogen-bond donors (Lipinski definition) is 3. The standard InChI is InChI=1S/C20H21NO7/c1-26-16-9-13(10-17(27-2)20(16)28-3)5-7-18(23)21-14-8-12(11-19(24)25)4-6-15(14)22/h4-10,22H,11H2,1-3H3,(H,21,23)(H,24,25)/b7-5+. The molecule has 1 amide bonds. The maximum atomic E-state index is 12.2. The van der Waals surface area contributed by atoms with Gasteiger partial charge in [0, 0.05) is 6.08 Å². The van der Waals surface area contributed by atoms with Crippen LogP contribution in [0.3, 0.4) is 0 Å². The molecule has 0 unspecified atom stereocenters. The summed E-state index contributed by atoms with van der Waals surface area (Å²) in [5, 5.41) is 21.2. The molecule has 0 spiro atoms. The Bertz CT molecular complexity index is 880. The predicted molar refractivity (Wildman–Crippen MR) is 103 cm³/mol. The van der Waals surface area contributed by atoms with E-state index in [-0.39, 0.29) is 17.9 Å². The van der Waals surface area contributed by atoms with Crippen molar-refractivity contribution >= 4 is 23.6 Å². The first-order chi connectivity index (χ1) is 13.4. The number of phenolic OH excluding ortho intramolecular Hbond substituents is 1. The van der Waals surface area contributed by atoms with Crippen LogP contribution >= 0.6 is 0 Å². The summed E-state index contributed by atoms with van der Waals surface area (Å²) in [7, 11) is 4.48. The van der Waals surface area contributed by atoms with Crippen LogP contribution in [-0.4, -0.2) is 43.4 Å². The third kappa shape index (κ3) is 5.16. The van der Waals surface area contributed by atoms with E-state index < -0.39 is 11.9 Å². The number of ether oxygens (including phenoxy) is 3. The number of carbonyl (C=O) groups is 2. The highest BCUT2D eigenvalue weighted by atomic mass is 16.5. The van der Waals surface area contributed by atoms with E-state index in [2.05, 4.69) is 5.32 Å². The topological polar surface area (TPSA) is 114 Å². The minimum absolute atomic E-state index is 0.123. The van der Waals surface area contributed by atoms with Crippen molar-refractivity contribution in [1.82, 2.24) is 0 Å². The third-order valence-electron chi connectivity index (χ3n) is 3.79. The number of carboxylic acids is 1. The van der Waals surface area contributed by atoms with Gasteiger partial charge in [-0.2, -0.15) is 0 Å².